The summed E-state index contributed by atoms with van der Waals surface area (Å²) in [6.07, 6.45) is 3.00. The number of anilines is 1. The molecule has 160 valence electrons. The van der Waals surface area contributed by atoms with Crippen LogP contribution in [-0.4, -0.2) is 15.5 Å². The molecule has 0 bridgehead atoms. The minimum absolute atomic E-state index is 0.0830. The number of nitrogens with one attached hydrogen (secondary N) is 3. The van der Waals surface area contributed by atoms with Gasteiger partial charge in [0.2, 0.25) is 5.91 Å². The fourth-order valence-electron chi connectivity index (χ4n) is 4.29. The number of hydrogen-bond acceptors (Lipinski definition) is 6. The topological polar surface area (TPSA) is 88.1 Å². The quantitative estimate of drug-likeness (QED) is 0.554. The van der Waals surface area contributed by atoms with Crippen molar-refractivity contribution in [2.45, 2.75) is 51.5 Å². The maximum atomic E-state index is 13.1. The molecule has 1 aromatic carbocycles. The number of amides is 1. The van der Waals surface area contributed by atoms with Gasteiger partial charge < -0.3 is 16.0 Å². The molecule has 3 aromatic rings. The first-order valence-electron chi connectivity index (χ1n) is 10.6. The third kappa shape index (κ3) is 3.88. The fourth-order valence-corrected chi connectivity index (χ4v) is 5.44. The first-order chi connectivity index (χ1) is 15.1. The summed E-state index contributed by atoms with van der Waals surface area (Å²) in [5.74, 6) is 0.169. The van der Waals surface area contributed by atoms with E-state index in [0.717, 1.165) is 29.2 Å². The lowest BCUT2D eigenvalue weighted by Crippen LogP contribution is -2.37. The zero-order valence-corrected chi connectivity index (χ0v) is 18.2. The number of benzene rings is 1. The first kappa shape index (κ1) is 20.0. The first-order valence-corrected chi connectivity index (χ1v) is 11.4. The number of hydrogen-bond donors (Lipinski definition) is 3. The van der Waals surface area contributed by atoms with Crippen LogP contribution in [0.4, 0.5) is 5.82 Å². The lowest BCUT2D eigenvalue weighted by atomic mass is 10.1. The van der Waals surface area contributed by atoms with Gasteiger partial charge in [0.25, 0.3) is 5.56 Å². The highest BCUT2D eigenvalue weighted by atomic mass is 32.1. The summed E-state index contributed by atoms with van der Waals surface area (Å²) in [6.45, 7) is 4.31. The maximum Gasteiger partial charge on any atom is 0.294 e. The monoisotopic (exact) mass is 435 g/mol. The highest BCUT2D eigenvalue weighted by Gasteiger charge is 2.31. The molecule has 2 aliphatic rings. The normalized spacial score (nSPS) is 17.8. The van der Waals surface area contributed by atoms with Crippen LogP contribution in [0, 0.1) is 0 Å². The van der Waals surface area contributed by atoms with Crippen molar-refractivity contribution in [2.24, 2.45) is 0 Å². The van der Waals surface area contributed by atoms with Crippen molar-refractivity contribution in [3.8, 4) is 0 Å². The van der Waals surface area contributed by atoms with Crippen molar-refractivity contribution >= 4 is 23.1 Å². The van der Waals surface area contributed by atoms with E-state index in [1.807, 2.05) is 37.3 Å². The molecule has 0 saturated carbocycles. The Morgan fingerprint density at radius 1 is 1.32 bits per heavy atom. The third-order valence-electron chi connectivity index (χ3n) is 5.97. The molecule has 31 heavy (non-hydrogen) atoms. The predicted octanol–water partition coefficient (Wildman–Crippen LogP) is 2.88. The van der Waals surface area contributed by atoms with E-state index in [0.29, 0.717) is 19.4 Å². The van der Waals surface area contributed by atoms with Crippen LogP contribution < -0.4 is 21.5 Å². The van der Waals surface area contributed by atoms with E-state index >= 15 is 0 Å². The van der Waals surface area contributed by atoms with Crippen molar-refractivity contribution < 1.29 is 4.79 Å². The number of carbonyl (C=O) groups is 1. The van der Waals surface area contributed by atoms with Gasteiger partial charge in [0, 0.05) is 41.3 Å². The van der Waals surface area contributed by atoms with Crippen LogP contribution in [0.25, 0.3) is 0 Å². The van der Waals surface area contributed by atoms with Gasteiger partial charge in [0.05, 0.1) is 6.04 Å². The summed E-state index contributed by atoms with van der Waals surface area (Å²) in [4.78, 5) is 33.0. The largest absolute Gasteiger partial charge is 0.361 e. The van der Waals surface area contributed by atoms with E-state index in [4.69, 9.17) is 0 Å². The van der Waals surface area contributed by atoms with Gasteiger partial charge in [-0.05, 0) is 37.0 Å². The number of aryl methyl sites for hydroxylation is 1. The Kier molecular flexibility index (Phi) is 5.33. The smallest absolute Gasteiger partial charge is 0.294 e. The van der Waals surface area contributed by atoms with Gasteiger partial charge in [-0.2, -0.15) is 0 Å². The molecular weight excluding hydrogens is 410 g/mol. The molecule has 2 aliphatic heterocycles. The number of fused-ring (bicyclic) bond motifs is 2. The van der Waals surface area contributed by atoms with Crippen LogP contribution in [0.15, 0.2) is 47.4 Å². The summed E-state index contributed by atoms with van der Waals surface area (Å²) in [6, 6.07) is 11.4. The van der Waals surface area contributed by atoms with Gasteiger partial charge in [-0.25, -0.2) is 4.98 Å². The molecule has 0 saturated heterocycles. The summed E-state index contributed by atoms with van der Waals surface area (Å²) < 4.78 is 1.61. The number of aromatic nitrogens is 2. The predicted molar refractivity (Wildman–Crippen MR) is 121 cm³/mol. The molecule has 3 N–H and O–H groups in total. The maximum absolute atomic E-state index is 13.1. The van der Waals surface area contributed by atoms with Crippen LogP contribution >= 0.6 is 11.3 Å². The van der Waals surface area contributed by atoms with Crippen molar-refractivity contribution in [1.82, 2.24) is 20.2 Å². The van der Waals surface area contributed by atoms with Gasteiger partial charge in [-0.3, -0.25) is 14.2 Å². The summed E-state index contributed by atoms with van der Waals surface area (Å²) in [5, 5.41) is 9.59. The Bertz CT molecular complexity index is 1150. The van der Waals surface area contributed by atoms with Gasteiger partial charge >= 0.3 is 0 Å². The SMILES string of the molecule is CC(NC(=O)C1CCc2cnc(NCc3ccccc3)c(=O)n21)c1cc2c(s1)CNC2. The molecule has 2 aromatic heterocycles. The van der Waals surface area contributed by atoms with E-state index < -0.39 is 6.04 Å². The Balaban J connectivity index is 1.31. The van der Waals surface area contributed by atoms with E-state index in [1.54, 1.807) is 22.1 Å². The molecule has 0 aliphatic carbocycles. The Hall–Kier alpha value is -2.97. The van der Waals surface area contributed by atoms with Gasteiger partial charge in [0.1, 0.15) is 6.04 Å². The molecule has 5 rings (SSSR count). The zero-order valence-electron chi connectivity index (χ0n) is 17.4. The number of thiophene rings is 1. The molecule has 0 spiro atoms. The second-order valence-corrected chi connectivity index (χ2v) is 9.27. The molecule has 1 amide bonds. The second-order valence-electron chi connectivity index (χ2n) is 8.10. The average Bonchev–Trinajstić information content (AvgIpc) is 3.49. The highest BCUT2D eigenvalue weighted by molar-refractivity contribution is 7.12. The van der Waals surface area contributed by atoms with Gasteiger partial charge in [-0.1, -0.05) is 30.3 Å². The van der Waals surface area contributed by atoms with Crippen LogP contribution in [0.1, 0.15) is 52.0 Å². The van der Waals surface area contributed by atoms with Crippen molar-refractivity contribution in [1.29, 1.82) is 0 Å². The fraction of sp³-hybridized carbons (Fsp3) is 0.348. The molecule has 0 radical (unpaired) electrons. The van der Waals surface area contributed by atoms with Crippen molar-refractivity contribution in [3.63, 3.8) is 0 Å². The van der Waals surface area contributed by atoms with Gasteiger partial charge in [0.15, 0.2) is 5.82 Å². The highest BCUT2D eigenvalue weighted by Crippen LogP contribution is 2.31. The number of rotatable bonds is 6. The summed E-state index contributed by atoms with van der Waals surface area (Å²) in [7, 11) is 0. The Morgan fingerprint density at radius 2 is 2.16 bits per heavy atom. The van der Waals surface area contributed by atoms with Crippen LogP contribution in [0.5, 0.6) is 0 Å². The minimum Gasteiger partial charge on any atom is -0.361 e. The van der Waals surface area contributed by atoms with E-state index in [9.17, 15) is 9.59 Å². The molecule has 4 heterocycles. The molecule has 8 heteroatoms. The lowest BCUT2D eigenvalue weighted by molar-refractivity contribution is -0.124. The average molecular weight is 436 g/mol. The standard InChI is InChI=1S/C23H25N5O2S/c1-14(19-9-16-11-24-13-20(16)31-19)27-22(29)18-8-7-17-12-26-21(23(30)28(17)18)25-10-15-5-3-2-4-6-15/h2-6,9,12,14,18,24H,7-8,10-11,13H2,1H3,(H,25,26)(H,27,29). The van der Waals surface area contributed by atoms with E-state index in [1.165, 1.54) is 10.4 Å². The second kappa shape index (κ2) is 8.28. The minimum atomic E-state index is -0.501. The number of nitrogens with zero attached hydrogens (tertiary/aromatic N) is 2. The molecule has 7 nitrogen and oxygen atoms in total. The molecule has 0 fully saturated rings. The van der Waals surface area contributed by atoms with Crippen molar-refractivity contribution in [2.75, 3.05) is 5.32 Å². The third-order valence-corrected chi connectivity index (χ3v) is 7.33. The number of carbonyl (C=O) groups excluding carboxylic acids is 1. The van der Waals surface area contributed by atoms with Crippen LogP contribution in [-0.2, 0) is 30.8 Å². The molecule has 2 atom stereocenters. The van der Waals surface area contributed by atoms with E-state index in [-0.39, 0.29) is 23.3 Å². The van der Waals surface area contributed by atoms with E-state index in [2.05, 4.69) is 27.0 Å². The van der Waals surface area contributed by atoms with Crippen molar-refractivity contribution in [3.05, 3.63) is 79.5 Å². The molecular formula is C23H25N5O2S. The Morgan fingerprint density at radius 3 is 2.97 bits per heavy atom. The summed E-state index contributed by atoms with van der Waals surface area (Å²) >= 11 is 1.74. The summed E-state index contributed by atoms with van der Waals surface area (Å²) in [5.41, 5.74) is 2.96. The van der Waals surface area contributed by atoms with Gasteiger partial charge in [-0.15, -0.1) is 11.3 Å². The zero-order chi connectivity index (χ0) is 21.4. The van der Waals surface area contributed by atoms with Crippen LogP contribution in [0.2, 0.25) is 0 Å². The van der Waals surface area contributed by atoms with Crippen LogP contribution in [0.3, 0.4) is 0 Å². The lowest BCUT2D eigenvalue weighted by Gasteiger charge is -2.19. The molecule has 2 unspecified atom stereocenters. The Labute approximate surface area is 184 Å².